The molecule has 0 aliphatic carbocycles. The zero-order chi connectivity index (χ0) is 9.84. The summed E-state index contributed by atoms with van der Waals surface area (Å²) in [7, 11) is 0. The Morgan fingerprint density at radius 3 is 2.92 bits per heavy atom. The number of thiazole rings is 1. The lowest BCUT2D eigenvalue weighted by Gasteiger charge is -2.03. The molecule has 1 aromatic rings. The summed E-state index contributed by atoms with van der Waals surface area (Å²) < 4.78 is 0. The van der Waals surface area contributed by atoms with Gasteiger partial charge in [-0.2, -0.15) is 0 Å². The van der Waals surface area contributed by atoms with Gasteiger partial charge in [-0.25, -0.2) is 4.98 Å². The van der Waals surface area contributed by atoms with Crippen molar-refractivity contribution in [1.82, 2.24) is 4.98 Å². The van der Waals surface area contributed by atoms with E-state index >= 15 is 0 Å². The largest absolute Gasteiger partial charge is 0.545 e. The van der Waals surface area contributed by atoms with Gasteiger partial charge in [0.25, 0.3) is 0 Å². The Morgan fingerprint density at radius 2 is 2.54 bits per heavy atom. The number of hydrogen-bond donors (Lipinski definition) is 1. The molecule has 2 N–H and O–H groups in total. The van der Waals surface area contributed by atoms with Crippen LogP contribution in [0, 0.1) is 0 Å². The number of nitrogens with two attached hydrogens (primary N) is 1. The molecule has 70 valence electrons. The first kappa shape index (κ1) is 9.73. The molecular weight excluding hydrogens is 188 g/mol. The van der Waals surface area contributed by atoms with Crippen LogP contribution < -0.4 is 10.8 Å². The number of carboxylic acid groups (broad SMARTS) is 1. The predicted octanol–water partition coefficient (Wildman–Crippen LogP) is 0.269. The Kier molecular flexibility index (Phi) is 3.02. The fraction of sp³-hybridized carbons (Fsp3) is 0.250. The van der Waals surface area contributed by atoms with Crippen molar-refractivity contribution in [3.05, 3.63) is 17.2 Å². The third-order valence-corrected chi connectivity index (χ3v) is 2.10. The number of carbonyl (C=O) groups is 1. The maximum atomic E-state index is 10.6. The van der Waals surface area contributed by atoms with E-state index in [1.165, 1.54) is 11.3 Å². The van der Waals surface area contributed by atoms with Crippen LogP contribution in [0.2, 0.25) is 0 Å². The first-order chi connectivity index (χ1) is 6.15. The van der Waals surface area contributed by atoms with Crippen LogP contribution in [0.4, 0.5) is 5.13 Å². The summed E-state index contributed by atoms with van der Waals surface area (Å²) in [6, 6.07) is 0. The second kappa shape index (κ2) is 4.04. The molecule has 0 saturated carbocycles. The zero-order valence-corrected chi connectivity index (χ0v) is 7.93. The number of rotatable bonds is 3. The van der Waals surface area contributed by atoms with Crippen LogP contribution in [-0.2, 0) is 4.79 Å². The van der Waals surface area contributed by atoms with Crippen molar-refractivity contribution in [2.45, 2.75) is 13.3 Å². The number of nitrogens with zero attached hydrogens (tertiary/aromatic N) is 1. The summed E-state index contributed by atoms with van der Waals surface area (Å²) in [5.74, 6) is -1.22. The topological polar surface area (TPSA) is 79.0 Å². The molecule has 0 aromatic carbocycles. The maximum absolute atomic E-state index is 10.6. The van der Waals surface area contributed by atoms with E-state index in [4.69, 9.17) is 5.73 Å². The molecule has 0 fully saturated rings. The molecule has 0 radical (unpaired) electrons. The lowest BCUT2D eigenvalue weighted by molar-refractivity contribution is -0.295. The summed E-state index contributed by atoms with van der Waals surface area (Å²) in [5.41, 5.74) is 5.87. The molecule has 5 heteroatoms. The highest BCUT2D eigenvalue weighted by Gasteiger charge is 2.05. The van der Waals surface area contributed by atoms with Crippen molar-refractivity contribution in [3.63, 3.8) is 0 Å². The van der Waals surface area contributed by atoms with E-state index in [0.29, 0.717) is 17.2 Å². The molecule has 0 aliphatic heterocycles. The second-order valence-electron chi connectivity index (χ2n) is 2.38. The molecule has 1 rings (SSSR count). The van der Waals surface area contributed by atoms with Gasteiger partial charge in [0.15, 0.2) is 5.13 Å². The number of aromatic nitrogens is 1. The number of hydrogen-bond acceptors (Lipinski definition) is 5. The van der Waals surface area contributed by atoms with Crippen molar-refractivity contribution in [3.8, 4) is 0 Å². The summed E-state index contributed by atoms with van der Waals surface area (Å²) in [4.78, 5) is 14.5. The van der Waals surface area contributed by atoms with Crippen LogP contribution in [0.15, 0.2) is 11.5 Å². The van der Waals surface area contributed by atoms with Crippen molar-refractivity contribution >= 4 is 28.0 Å². The van der Waals surface area contributed by atoms with Crippen molar-refractivity contribution in [1.29, 1.82) is 0 Å². The van der Waals surface area contributed by atoms with Gasteiger partial charge in [0.05, 0.1) is 11.7 Å². The van der Waals surface area contributed by atoms with Crippen LogP contribution in [0.3, 0.4) is 0 Å². The standard InChI is InChI=1S/C8H10N2O2S/c1-2-3-5(7(11)12)6-4-13-8(9)10-6/h3-4H,2H2,1H3,(H2,9,10)(H,11,12)/p-1/b5-3-. The lowest BCUT2D eigenvalue weighted by atomic mass is 10.2. The van der Waals surface area contributed by atoms with Crippen molar-refractivity contribution < 1.29 is 9.90 Å². The number of anilines is 1. The number of aliphatic carboxylic acids is 1. The number of allylic oxidation sites excluding steroid dienone is 1. The monoisotopic (exact) mass is 197 g/mol. The predicted molar refractivity (Wildman–Crippen MR) is 49.8 cm³/mol. The van der Waals surface area contributed by atoms with Gasteiger partial charge < -0.3 is 15.6 Å². The smallest absolute Gasteiger partial charge is 0.180 e. The van der Waals surface area contributed by atoms with Crippen molar-refractivity contribution in [2.75, 3.05) is 5.73 Å². The maximum Gasteiger partial charge on any atom is 0.180 e. The van der Waals surface area contributed by atoms with E-state index in [9.17, 15) is 9.90 Å². The normalized spacial score (nSPS) is 11.6. The zero-order valence-electron chi connectivity index (χ0n) is 7.11. The summed E-state index contributed by atoms with van der Waals surface area (Å²) in [6.45, 7) is 1.85. The highest BCUT2D eigenvalue weighted by atomic mass is 32.1. The van der Waals surface area contributed by atoms with E-state index in [1.54, 1.807) is 11.5 Å². The second-order valence-corrected chi connectivity index (χ2v) is 3.27. The Balaban J connectivity index is 3.02. The Bertz CT molecular complexity index is 344. The van der Waals surface area contributed by atoms with E-state index in [-0.39, 0.29) is 5.57 Å². The van der Waals surface area contributed by atoms with E-state index < -0.39 is 5.97 Å². The molecule has 0 unspecified atom stereocenters. The third kappa shape index (κ3) is 2.29. The molecule has 13 heavy (non-hydrogen) atoms. The summed E-state index contributed by atoms with van der Waals surface area (Å²) >= 11 is 1.21. The Morgan fingerprint density at radius 1 is 1.85 bits per heavy atom. The number of nitrogen functional groups attached to an aromatic ring is 1. The highest BCUT2D eigenvalue weighted by Crippen LogP contribution is 2.19. The van der Waals surface area contributed by atoms with Gasteiger partial charge in [0, 0.05) is 11.0 Å². The molecular formula is C8H9N2O2S-. The van der Waals surface area contributed by atoms with Crippen LogP contribution in [-0.4, -0.2) is 11.0 Å². The number of carboxylic acids is 1. The fourth-order valence-electron chi connectivity index (χ4n) is 0.908. The van der Waals surface area contributed by atoms with E-state index in [1.807, 2.05) is 6.92 Å². The molecule has 0 saturated heterocycles. The van der Waals surface area contributed by atoms with Gasteiger partial charge >= 0.3 is 0 Å². The average Bonchev–Trinajstić information content (AvgIpc) is 2.46. The Hall–Kier alpha value is -1.36. The first-order valence-electron chi connectivity index (χ1n) is 3.78. The van der Waals surface area contributed by atoms with Crippen LogP contribution in [0.5, 0.6) is 0 Å². The average molecular weight is 197 g/mol. The first-order valence-corrected chi connectivity index (χ1v) is 4.66. The van der Waals surface area contributed by atoms with E-state index in [2.05, 4.69) is 4.98 Å². The van der Waals surface area contributed by atoms with Crippen LogP contribution in [0.1, 0.15) is 19.0 Å². The van der Waals surface area contributed by atoms with Crippen LogP contribution >= 0.6 is 11.3 Å². The van der Waals surface area contributed by atoms with Gasteiger partial charge in [0.1, 0.15) is 0 Å². The van der Waals surface area contributed by atoms with Gasteiger partial charge in [-0.3, -0.25) is 0 Å². The van der Waals surface area contributed by atoms with Crippen LogP contribution in [0.25, 0.3) is 5.57 Å². The Labute approximate surface area is 79.7 Å². The molecule has 0 bridgehead atoms. The van der Waals surface area contributed by atoms with E-state index in [0.717, 1.165) is 0 Å². The molecule has 0 spiro atoms. The van der Waals surface area contributed by atoms with Gasteiger partial charge in [0.2, 0.25) is 0 Å². The summed E-state index contributed by atoms with van der Waals surface area (Å²) in [6.07, 6.45) is 2.19. The SMILES string of the molecule is CC/C=C(\C(=O)[O-])c1csc(N)n1. The third-order valence-electron chi connectivity index (χ3n) is 1.43. The van der Waals surface area contributed by atoms with Gasteiger partial charge in [-0.1, -0.05) is 13.0 Å². The molecule has 4 nitrogen and oxygen atoms in total. The van der Waals surface area contributed by atoms with Gasteiger partial charge in [-0.05, 0) is 6.42 Å². The number of carbonyl (C=O) groups excluding carboxylic acids is 1. The minimum atomic E-state index is -1.22. The molecule has 0 amide bonds. The van der Waals surface area contributed by atoms with Gasteiger partial charge in [-0.15, -0.1) is 11.3 Å². The molecule has 0 aliphatic rings. The quantitative estimate of drug-likeness (QED) is 0.705. The molecule has 1 aromatic heterocycles. The summed E-state index contributed by atoms with van der Waals surface area (Å²) in [5, 5.41) is 12.6. The fourth-order valence-corrected chi connectivity index (χ4v) is 1.47. The molecule has 1 heterocycles. The van der Waals surface area contributed by atoms with Crippen molar-refractivity contribution in [2.24, 2.45) is 0 Å². The minimum Gasteiger partial charge on any atom is -0.545 e. The molecule has 0 atom stereocenters. The lowest BCUT2D eigenvalue weighted by Crippen LogP contribution is -2.23. The highest BCUT2D eigenvalue weighted by molar-refractivity contribution is 7.13. The minimum absolute atomic E-state index is 0.107.